The van der Waals surface area contributed by atoms with Crippen molar-refractivity contribution >= 4 is 17.1 Å². The summed E-state index contributed by atoms with van der Waals surface area (Å²) in [6.45, 7) is 20.6. The zero-order valence-corrected chi connectivity index (χ0v) is 21.7. The zero-order chi connectivity index (χ0) is 21.0. The molecule has 0 fully saturated rings. The molecule has 0 aliphatic rings. The molecule has 0 radical (unpaired) electrons. The number of hydrogen-bond acceptors (Lipinski definition) is 6. The Labute approximate surface area is 213 Å². The third-order valence-corrected chi connectivity index (χ3v) is 1.49. The molecule has 0 saturated carbocycles. The molecule has 0 bridgehead atoms. The monoisotopic (exact) mass is 376 g/mol. The second-order valence-electron chi connectivity index (χ2n) is 6.11. The largest absolute Gasteiger partial charge is 1.00 e. The average Bonchev–Trinajstić information content (AvgIpc) is 2.35. The average molecular weight is 376 g/mol. The molecule has 0 unspecified atom stereocenters. The Kier molecular flexibility index (Phi) is 56.9. The van der Waals surface area contributed by atoms with Gasteiger partial charge in [-0.15, -0.1) is 11.4 Å². The minimum atomic E-state index is 0. The van der Waals surface area contributed by atoms with Crippen LogP contribution in [0, 0.1) is 20.8 Å². The molecular weight excluding hydrogens is 333 g/mol. The van der Waals surface area contributed by atoms with Crippen molar-refractivity contribution in [2.45, 2.75) is 47.5 Å². The fourth-order valence-electron chi connectivity index (χ4n) is 1.08. The molecule has 0 aromatic heterocycles. The molecule has 0 aliphatic carbocycles. The van der Waals surface area contributed by atoms with Crippen LogP contribution in [0.25, 0.3) is 0 Å². The van der Waals surface area contributed by atoms with E-state index in [1.807, 2.05) is 70.0 Å². The van der Waals surface area contributed by atoms with Crippen LogP contribution in [0.3, 0.4) is 0 Å². The summed E-state index contributed by atoms with van der Waals surface area (Å²) in [5.41, 5.74) is 2.76. The molecule has 0 aromatic rings. The van der Waals surface area contributed by atoms with Gasteiger partial charge in [-0.3, -0.25) is 0 Å². The number of rotatable bonds is 4. The molecule has 0 N–H and O–H groups in total. The van der Waals surface area contributed by atoms with E-state index in [9.17, 15) is 0 Å². The van der Waals surface area contributed by atoms with Crippen molar-refractivity contribution in [3.8, 4) is 0 Å². The van der Waals surface area contributed by atoms with E-state index in [2.05, 4.69) is 43.0 Å². The fourth-order valence-corrected chi connectivity index (χ4v) is 1.08. The normalized spacial score (nSPS) is 8.86. The Morgan fingerprint density at radius 1 is 0.643 bits per heavy atom. The summed E-state index contributed by atoms with van der Waals surface area (Å²) >= 11 is 0. The van der Waals surface area contributed by atoms with Gasteiger partial charge in [0.05, 0.1) is 0 Å². The maximum atomic E-state index is 4.03. The van der Waals surface area contributed by atoms with Gasteiger partial charge in [-0.1, -0.05) is 27.2 Å². The number of hydrogen-bond donors (Lipinski definition) is 0. The Hall–Kier alpha value is -0.0578. The maximum absolute atomic E-state index is 4.03. The molecule has 0 aromatic carbocycles. The SMILES string of the molecule is CC(C)=NN(C)C.[CH2-]/C(C)=N/N(C)C.[CH2-]/C(C)=N\N(C)C.[CH2-]CCC.[Li+].[Li+].[Li+]. The summed E-state index contributed by atoms with van der Waals surface area (Å²) in [5.74, 6) is 0. The van der Waals surface area contributed by atoms with E-state index in [0.717, 1.165) is 23.6 Å². The van der Waals surface area contributed by atoms with E-state index in [1.165, 1.54) is 6.42 Å². The first kappa shape index (κ1) is 46.2. The van der Waals surface area contributed by atoms with Gasteiger partial charge in [-0.25, -0.2) is 10.2 Å². The molecular formula is C19H43Li3N6. The van der Waals surface area contributed by atoms with Gasteiger partial charge in [-0.05, 0) is 13.8 Å². The van der Waals surface area contributed by atoms with Crippen molar-refractivity contribution in [3.63, 3.8) is 0 Å². The Bertz CT molecular complexity index is 302. The first-order valence-corrected chi connectivity index (χ1v) is 8.37. The van der Waals surface area contributed by atoms with E-state index in [0.29, 0.717) is 0 Å². The van der Waals surface area contributed by atoms with Crippen LogP contribution in [0.2, 0.25) is 0 Å². The predicted octanol–water partition coefficient (Wildman–Crippen LogP) is -4.91. The minimum Gasteiger partial charge on any atom is -0.359 e. The van der Waals surface area contributed by atoms with Crippen LogP contribution in [0.15, 0.2) is 15.3 Å². The van der Waals surface area contributed by atoms with Gasteiger partial charge in [0.25, 0.3) is 0 Å². The molecule has 0 spiro atoms. The maximum Gasteiger partial charge on any atom is 1.00 e. The first-order valence-electron chi connectivity index (χ1n) is 8.37. The van der Waals surface area contributed by atoms with Crippen molar-refractivity contribution < 1.29 is 56.6 Å². The standard InChI is InChI=1S/C5H12N2.2C5H11N2.C4H9.3Li/c3*1-5(2)6-7(3)4;1-3-4-2;;;/h1-4H3;2*1H2,2-4H3;1,3-4H2,2H3;;;/q;3*-1;3*+1/b;6-5+;6-5-;;;;. The van der Waals surface area contributed by atoms with Crippen LogP contribution in [0.5, 0.6) is 0 Å². The Balaban J connectivity index is -0.0000000412. The van der Waals surface area contributed by atoms with Crippen molar-refractivity contribution in [2.24, 2.45) is 15.3 Å². The molecule has 0 atom stereocenters. The summed E-state index contributed by atoms with van der Waals surface area (Å²) in [7, 11) is 11.3. The quantitative estimate of drug-likeness (QED) is 0.214. The predicted molar refractivity (Wildman–Crippen MR) is 117 cm³/mol. The van der Waals surface area contributed by atoms with Gasteiger partial charge in [0, 0.05) is 48.0 Å². The molecule has 0 saturated heterocycles. The van der Waals surface area contributed by atoms with Gasteiger partial charge >= 0.3 is 56.6 Å². The van der Waals surface area contributed by atoms with Crippen LogP contribution < -0.4 is 56.6 Å². The van der Waals surface area contributed by atoms with Gasteiger partial charge in [-0.2, -0.15) is 11.5 Å². The topological polar surface area (TPSA) is 46.8 Å². The second-order valence-corrected chi connectivity index (χ2v) is 6.11. The van der Waals surface area contributed by atoms with E-state index in [-0.39, 0.29) is 56.6 Å². The van der Waals surface area contributed by atoms with Gasteiger partial charge < -0.3 is 35.8 Å². The van der Waals surface area contributed by atoms with Crippen LogP contribution >= 0.6 is 0 Å². The molecule has 28 heavy (non-hydrogen) atoms. The second kappa shape index (κ2) is 34.4. The summed E-state index contributed by atoms with van der Waals surface area (Å²) in [6.07, 6.45) is 2.28. The molecule has 9 heteroatoms. The van der Waals surface area contributed by atoms with E-state index in [4.69, 9.17) is 0 Å². The molecule has 0 amide bonds. The Morgan fingerprint density at radius 3 is 0.857 bits per heavy atom. The van der Waals surface area contributed by atoms with Crippen LogP contribution in [-0.2, 0) is 0 Å². The molecule has 0 heterocycles. The van der Waals surface area contributed by atoms with Crippen molar-refractivity contribution in [3.05, 3.63) is 20.8 Å². The first-order chi connectivity index (χ1) is 11.3. The van der Waals surface area contributed by atoms with Gasteiger partial charge in [0.2, 0.25) is 0 Å². The molecule has 152 valence electrons. The number of nitrogens with zero attached hydrogens (tertiary/aromatic N) is 6. The summed E-state index contributed by atoms with van der Waals surface area (Å²) in [5, 5.41) is 17.1. The van der Waals surface area contributed by atoms with Gasteiger partial charge in [0.15, 0.2) is 0 Å². The van der Waals surface area contributed by atoms with Crippen LogP contribution in [0.4, 0.5) is 0 Å². The zero-order valence-electron chi connectivity index (χ0n) is 21.7. The summed E-state index contributed by atoms with van der Waals surface area (Å²) in [4.78, 5) is 0. The van der Waals surface area contributed by atoms with Crippen LogP contribution in [0.1, 0.15) is 47.5 Å². The van der Waals surface area contributed by atoms with E-state index in [1.54, 1.807) is 15.0 Å². The van der Waals surface area contributed by atoms with E-state index >= 15 is 0 Å². The molecule has 6 nitrogen and oxygen atoms in total. The third kappa shape index (κ3) is 96.4. The Morgan fingerprint density at radius 2 is 0.857 bits per heavy atom. The number of unbranched alkanes of at least 4 members (excludes halogenated alkanes) is 1. The third-order valence-electron chi connectivity index (χ3n) is 1.49. The van der Waals surface area contributed by atoms with Crippen molar-refractivity contribution in [2.75, 3.05) is 42.3 Å². The summed E-state index contributed by atoms with van der Waals surface area (Å²) < 4.78 is 0. The van der Waals surface area contributed by atoms with Gasteiger partial charge in [0.1, 0.15) is 0 Å². The smallest absolute Gasteiger partial charge is 0.359 e. The molecule has 0 rings (SSSR count). The van der Waals surface area contributed by atoms with Crippen LogP contribution in [-0.4, -0.2) is 74.4 Å². The number of hydrazone groups is 3. The molecule has 0 aliphatic heterocycles. The van der Waals surface area contributed by atoms with E-state index < -0.39 is 0 Å². The minimum absolute atomic E-state index is 0. The van der Waals surface area contributed by atoms with Crippen molar-refractivity contribution in [1.29, 1.82) is 0 Å². The fraction of sp³-hybridized carbons (Fsp3) is 0.684. The van der Waals surface area contributed by atoms with Crippen molar-refractivity contribution in [1.82, 2.24) is 15.0 Å². The summed E-state index contributed by atoms with van der Waals surface area (Å²) in [6, 6.07) is 0.